The molecule has 6 heteroatoms. The van der Waals surface area contributed by atoms with Crippen LogP contribution in [0.5, 0.6) is 0 Å². The fourth-order valence-electron chi connectivity index (χ4n) is 3.21. The topological polar surface area (TPSA) is 72.9 Å². The number of carbonyl (C=O) groups excluding carboxylic acids is 1. The highest BCUT2D eigenvalue weighted by Gasteiger charge is 2.32. The van der Waals surface area contributed by atoms with Crippen molar-refractivity contribution in [2.75, 3.05) is 11.9 Å². The maximum absolute atomic E-state index is 12.5. The van der Waals surface area contributed by atoms with Gasteiger partial charge in [0.15, 0.2) is 0 Å². The molecule has 1 aromatic heterocycles. The number of halogens is 1. The van der Waals surface area contributed by atoms with Crippen molar-refractivity contribution < 1.29 is 4.79 Å². The van der Waals surface area contributed by atoms with Crippen molar-refractivity contribution in [2.24, 2.45) is 17.6 Å². The smallest absolute Gasteiger partial charge is 0.228 e. The molecule has 0 unspecified atom stereocenters. The Morgan fingerprint density at radius 1 is 1.30 bits per heavy atom. The number of nitrogens with two attached hydrogens (primary N) is 1. The van der Waals surface area contributed by atoms with Crippen LogP contribution in [-0.2, 0) is 11.3 Å². The molecule has 0 bridgehead atoms. The lowest BCUT2D eigenvalue weighted by Gasteiger charge is -2.17. The second-order valence-corrected chi connectivity index (χ2v) is 6.46. The molecule has 23 heavy (non-hydrogen) atoms. The Kier molecular flexibility index (Phi) is 4.98. The van der Waals surface area contributed by atoms with Gasteiger partial charge >= 0.3 is 0 Å². The predicted molar refractivity (Wildman–Crippen MR) is 91.3 cm³/mol. The van der Waals surface area contributed by atoms with E-state index in [2.05, 4.69) is 10.4 Å². The number of hydrogen-bond acceptors (Lipinski definition) is 3. The minimum atomic E-state index is 0.0129. The Balaban J connectivity index is 1.68. The van der Waals surface area contributed by atoms with Gasteiger partial charge in [0.2, 0.25) is 5.91 Å². The van der Waals surface area contributed by atoms with E-state index in [1.165, 1.54) is 0 Å². The monoisotopic (exact) mass is 332 g/mol. The van der Waals surface area contributed by atoms with Gasteiger partial charge in [-0.25, -0.2) is 4.68 Å². The second-order valence-electron chi connectivity index (χ2n) is 6.02. The normalized spacial score (nSPS) is 20.6. The maximum atomic E-state index is 12.5. The van der Waals surface area contributed by atoms with E-state index in [9.17, 15) is 4.79 Å². The van der Waals surface area contributed by atoms with E-state index in [0.717, 1.165) is 24.8 Å². The summed E-state index contributed by atoms with van der Waals surface area (Å²) in [6, 6.07) is 9.43. The molecule has 1 heterocycles. The third-order valence-corrected chi connectivity index (χ3v) is 4.76. The minimum Gasteiger partial charge on any atom is -0.330 e. The molecular weight excluding hydrogens is 312 g/mol. The zero-order valence-corrected chi connectivity index (χ0v) is 13.7. The number of rotatable bonds is 5. The number of amides is 1. The molecule has 122 valence electrons. The molecule has 0 spiro atoms. The zero-order chi connectivity index (χ0) is 16.2. The van der Waals surface area contributed by atoms with Gasteiger partial charge in [-0.1, -0.05) is 30.2 Å². The van der Waals surface area contributed by atoms with Gasteiger partial charge in [-0.05, 0) is 43.0 Å². The lowest BCUT2D eigenvalue weighted by atomic mass is 9.95. The maximum Gasteiger partial charge on any atom is 0.228 e. The van der Waals surface area contributed by atoms with Gasteiger partial charge in [0.25, 0.3) is 0 Å². The van der Waals surface area contributed by atoms with Crippen LogP contribution in [0, 0.1) is 11.8 Å². The van der Waals surface area contributed by atoms with Crippen LogP contribution in [0.15, 0.2) is 36.5 Å². The average molecular weight is 333 g/mol. The SMILES string of the molecule is NC[C@H]1CCC[C@H]1C(=O)Nc1ccnn1Cc1ccc(Cl)cc1. The first-order chi connectivity index (χ1) is 11.2. The lowest BCUT2D eigenvalue weighted by molar-refractivity contribution is -0.120. The fraction of sp³-hybridized carbons (Fsp3) is 0.412. The highest BCUT2D eigenvalue weighted by Crippen LogP contribution is 2.31. The van der Waals surface area contributed by atoms with Crippen LogP contribution in [0.1, 0.15) is 24.8 Å². The molecule has 1 amide bonds. The first kappa shape index (κ1) is 16.0. The lowest BCUT2D eigenvalue weighted by Crippen LogP contribution is -2.30. The van der Waals surface area contributed by atoms with Gasteiger partial charge in [-0.3, -0.25) is 4.79 Å². The third-order valence-electron chi connectivity index (χ3n) is 4.51. The molecular formula is C17H21ClN4O. The van der Waals surface area contributed by atoms with Gasteiger partial charge < -0.3 is 11.1 Å². The average Bonchev–Trinajstić information content (AvgIpc) is 3.19. The molecule has 0 saturated heterocycles. The standard InChI is InChI=1S/C17H21ClN4O/c18-14-6-4-12(5-7-14)11-22-16(8-9-20-22)21-17(23)15-3-1-2-13(15)10-19/h4-9,13,15H,1-3,10-11,19H2,(H,21,23)/t13-,15-/m1/s1. The van der Waals surface area contributed by atoms with Crippen LogP contribution in [0.3, 0.4) is 0 Å². The zero-order valence-electron chi connectivity index (χ0n) is 12.9. The van der Waals surface area contributed by atoms with Gasteiger partial charge in [0.05, 0.1) is 12.7 Å². The fourth-order valence-corrected chi connectivity index (χ4v) is 3.34. The first-order valence-corrected chi connectivity index (χ1v) is 8.32. The summed E-state index contributed by atoms with van der Waals surface area (Å²) < 4.78 is 1.79. The summed E-state index contributed by atoms with van der Waals surface area (Å²) in [6.45, 7) is 1.16. The van der Waals surface area contributed by atoms with Crippen LogP contribution in [0.25, 0.3) is 0 Å². The van der Waals surface area contributed by atoms with Crippen LogP contribution in [0.2, 0.25) is 5.02 Å². The van der Waals surface area contributed by atoms with Gasteiger partial charge in [0.1, 0.15) is 5.82 Å². The summed E-state index contributed by atoms with van der Waals surface area (Å²) in [7, 11) is 0. The van der Waals surface area contributed by atoms with Crippen molar-refractivity contribution in [1.82, 2.24) is 9.78 Å². The number of benzene rings is 1. The van der Waals surface area contributed by atoms with E-state index in [4.69, 9.17) is 17.3 Å². The molecule has 1 aliphatic carbocycles. The number of carbonyl (C=O) groups is 1. The summed E-state index contributed by atoms with van der Waals surface area (Å²) in [6.07, 6.45) is 4.72. The minimum absolute atomic E-state index is 0.0129. The molecule has 0 radical (unpaired) electrons. The Morgan fingerprint density at radius 2 is 2.09 bits per heavy atom. The molecule has 5 nitrogen and oxygen atoms in total. The van der Waals surface area contributed by atoms with Crippen LogP contribution in [0.4, 0.5) is 5.82 Å². The van der Waals surface area contributed by atoms with Gasteiger partial charge in [-0.15, -0.1) is 0 Å². The number of hydrogen-bond donors (Lipinski definition) is 2. The molecule has 1 saturated carbocycles. The second kappa shape index (κ2) is 7.15. The highest BCUT2D eigenvalue weighted by atomic mass is 35.5. The van der Waals surface area contributed by atoms with Crippen molar-refractivity contribution in [1.29, 1.82) is 0 Å². The van der Waals surface area contributed by atoms with Crippen molar-refractivity contribution in [2.45, 2.75) is 25.8 Å². The summed E-state index contributed by atoms with van der Waals surface area (Å²) in [4.78, 5) is 12.5. The van der Waals surface area contributed by atoms with Crippen molar-refractivity contribution >= 4 is 23.3 Å². The van der Waals surface area contributed by atoms with E-state index >= 15 is 0 Å². The van der Waals surface area contributed by atoms with E-state index in [-0.39, 0.29) is 11.8 Å². The third kappa shape index (κ3) is 3.74. The number of nitrogens with zero attached hydrogens (tertiary/aromatic N) is 2. The summed E-state index contributed by atoms with van der Waals surface area (Å²) >= 11 is 5.90. The van der Waals surface area contributed by atoms with Gasteiger partial charge in [-0.2, -0.15) is 5.10 Å². The number of nitrogens with one attached hydrogen (secondary N) is 1. The predicted octanol–water partition coefficient (Wildman–Crippen LogP) is 2.90. The Morgan fingerprint density at radius 3 is 2.83 bits per heavy atom. The van der Waals surface area contributed by atoms with Crippen LogP contribution >= 0.6 is 11.6 Å². The Bertz CT molecular complexity index is 667. The quantitative estimate of drug-likeness (QED) is 0.884. The molecule has 2 aromatic rings. The molecule has 1 fully saturated rings. The molecule has 0 aliphatic heterocycles. The van der Waals surface area contributed by atoms with Crippen LogP contribution in [-0.4, -0.2) is 22.2 Å². The number of anilines is 1. The van der Waals surface area contributed by atoms with E-state index < -0.39 is 0 Å². The number of aromatic nitrogens is 2. The Hall–Kier alpha value is -1.85. The molecule has 1 aliphatic rings. The summed E-state index contributed by atoms with van der Waals surface area (Å²) in [5.41, 5.74) is 6.85. The van der Waals surface area contributed by atoms with Crippen molar-refractivity contribution in [3.8, 4) is 0 Å². The van der Waals surface area contributed by atoms with E-state index in [1.54, 1.807) is 10.9 Å². The largest absolute Gasteiger partial charge is 0.330 e. The first-order valence-electron chi connectivity index (χ1n) is 7.94. The molecule has 3 rings (SSSR count). The molecule has 1 aromatic carbocycles. The molecule has 2 atom stereocenters. The van der Waals surface area contributed by atoms with Gasteiger partial charge in [0, 0.05) is 17.0 Å². The highest BCUT2D eigenvalue weighted by molar-refractivity contribution is 6.30. The molecule has 3 N–H and O–H groups in total. The van der Waals surface area contributed by atoms with E-state index in [1.807, 2.05) is 30.3 Å². The van der Waals surface area contributed by atoms with Crippen LogP contribution < -0.4 is 11.1 Å². The Labute approximate surface area is 140 Å². The summed E-state index contributed by atoms with van der Waals surface area (Å²) in [5, 5.41) is 8.01. The van der Waals surface area contributed by atoms with Crippen molar-refractivity contribution in [3.63, 3.8) is 0 Å². The summed E-state index contributed by atoms with van der Waals surface area (Å²) in [5.74, 6) is 1.07. The van der Waals surface area contributed by atoms with E-state index in [0.29, 0.717) is 29.8 Å². The van der Waals surface area contributed by atoms with Crippen molar-refractivity contribution in [3.05, 3.63) is 47.1 Å².